The Bertz CT molecular complexity index is 667. The van der Waals surface area contributed by atoms with Crippen LogP contribution in [0.1, 0.15) is 20.7 Å². The highest BCUT2D eigenvalue weighted by Crippen LogP contribution is 2.16. The van der Waals surface area contributed by atoms with Gasteiger partial charge in [0, 0.05) is 0 Å². The molecule has 0 amide bonds. The number of rotatable bonds is 2. The van der Waals surface area contributed by atoms with E-state index < -0.39 is 46.3 Å². The highest BCUT2D eigenvalue weighted by atomic mass is 19.2. The maximum absolute atomic E-state index is 13.3. The van der Waals surface area contributed by atoms with Crippen LogP contribution in [0.15, 0.2) is 36.4 Å². The van der Waals surface area contributed by atoms with Crippen molar-refractivity contribution in [2.45, 2.75) is 0 Å². The van der Waals surface area contributed by atoms with E-state index in [2.05, 4.69) is 4.74 Å². The number of halogens is 4. The van der Waals surface area contributed by atoms with E-state index >= 15 is 0 Å². The van der Waals surface area contributed by atoms with Crippen molar-refractivity contribution in [3.63, 3.8) is 0 Å². The fourth-order valence-corrected chi connectivity index (χ4v) is 1.52. The van der Waals surface area contributed by atoms with Crippen molar-refractivity contribution in [1.82, 2.24) is 0 Å². The van der Waals surface area contributed by atoms with E-state index in [-0.39, 0.29) is 0 Å². The van der Waals surface area contributed by atoms with Crippen LogP contribution in [0.3, 0.4) is 0 Å². The lowest BCUT2D eigenvalue weighted by Crippen LogP contribution is -2.16. The zero-order valence-electron chi connectivity index (χ0n) is 10.2. The normalized spacial score (nSPS) is 10.3. The molecule has 2 aromatic rings. The Morgan fingerprint density at radius 2 is 1.10 bits per heavy atom. The Hall–Kier alpha value is -2.70. The van der Waals surface area contributed by atoms with Gasteiger partial charge in [0.2, 0.25) is 0 Å². The van der Waals surface area contributed by atoms with Crippen molar-refractivity contribution in [1.29, 1.82) is 0 Å². The van der Waals surface area contributed by atoms with Crippen molar-refractivity contribution in [3.8, 4) is 0 Å². The zero-order valence-corrected chi connectivity index (χ0v) is 10.2. The summed E-state index contributed by atoms with van der Waals surface area (Å²) in [6.07, 6.45) is 0. The summed E-state index contributed by atoms with van der Waals surface area (Å²) in [5.41, 5.74) is -1.67. The molecule has 0 radical (unpaired) electrons. The Morgan fingerprint density at radius 1 is 0.714 bits per heavy atom. The van der Waals surface area contributed by atoms with Crippen molar-refractivity contribution >= 4 is 11.9 Å². The summed E-state index contributed by atoms with van der Waals surface area (Å²) < 4.78 is 56.7. The maximum atomic E-state index is 13.3. The summed E-state index contributed by atoms with van der Waals surface area (Å²) in [6.45, 7) is 0. The minimum atomic E-state index is -1.51. The number of hydrogen-bond acceptors (Lipinski definition) is 3. The van der Waals surface area contributed by atoms with Gasteiger partial charge in [-0.1, -0.05) is 12.1 Å². The topological polar surface area (TPSA) is 43.4 Å². The molecule has 21 heavy (non-hydrogen) atoms. The second kappa shape index (κ2) is 5.74. The number of hydrogen-bond donors (Lipinski definition) is 0. The third-order valence-electron chi connectivity index (χ3n) is 2.53. The maximum Gasteiger partial charge on any atom is 0.349 e. The molecular formula is C14H6F4O3. The quantitative estimate of drug-likeness (QED) is 0.485. The van der Waals surface area contributed by atoms with Crippen LogP contribution in [-0.2, 0) is 4.74 Å². The van der Waals surface area contributed by atoms with Crippen molar-refractivity contribution in [3.05, 3.63) is 70.8 Å². The lowest BCUT2D eigenvalue weighted by molar-refractivity contribution is 0.0390. The summed E-state index contributed by atoms with van der Waals surface area (Å²) in [5.74, 6) is -8.66. The first-order chi connectivity index (χ1) is 9.91. The van der Waals surface area contributed by atoms with Crippen LogP contribution in [0.5, 0.6) is 0 Å². The summed E-state index contributed by atoms with van der Waals surface area (Å²) >= 11 is 0. The van der Waals surface area contributed by atoms with Gasteiger partial charge in [0.25, 0.3) is 0 Å². The van der Waals surface area contributed by atoms with Gasteiger partial charge >= 0.3 is 11.9 Å². The summed E-state index contributed by atoms with van der Waals surface area (Å²) in [5, 5.41) is 0. The molecule has 0 saturated heterocycles. The molecule has 0 heterocycles. The number of ether oxygens (including phenoxy) is 1. The molecule has 2 rings (SSSR count). The van der Waals surface area contributed by atoms with E-state index in [1.54, 1.807) is 0 Å². The van der Waals surface area contributed by atoms with Crippen LogP contribution < -0.4 is 0 Å². The molecular weight excluding hydrogens is 292 g/mol. The third kappa shape index (κ3) is 2.91. The van der Waals surface area contributed by atoms with Crippen LogP contribution in [0.25, 0.3) is 0 Å². The van der Waals surface area contributed by atoms with Crippen LogP contribution in [0, 0.1) is 23.3 Å². The van der Waals surface area contributed by atoms with Gasteiger partial charge in [0.05, 0.1) is 11.1 Å². The Morgan fingerprint density at radius 3 is 1.48 bits per heavy atom. The fraction of sp³-hybridized carbons (Fsp3) is 0. The average molecular weight is 298 g/mol. The highest BCUT2D eigenvalue weighted by molar-refractivity contribution is 6.02. The Kier molecular flexibility index (Phi) is 4.02. The molecule has 108 valence electrons. The molecule has 0 atom stereocenters. The van der Waals surface area contributed by atoms with Gasteiger partial charge in [-0.3, -0.25) is 0 Å². The summed E-state index contributed by atoms with van der Waals surface area (Å²) in [7, 11) is 0. The molecule has 2 aromatic carbocycles. The number of carbonyl (C=O) groups is 2. The van der Waals surface area contributed by atoms with Crippen molar-refractivity contribution in [2.24, 2.45) is 0 Å². The molecule has 0 aliphatic carbocycles. The first-order valence-electron chi connectivity index (χ1n) is 5.56. The van der Waals surface area contributed by atoms with Gasteiger partial charge in [-0.05, 0) is 24.3 Å². The SMILES string of the molecule is O=C(OC(=O)c1cccc(F)c1F)c1cccc(F)c1F. The average Bonchev–Trinajstić information content (AvgIpc) is 2.44. The van der Waals surface area contributed by atoms with Gasteiger partial charge in [-0.25, -0.2) is 27.2 Å². The van der Waals surface area contributed by atoms with Gasteiger partial charge < -0.3 is 4.74 Å². The first kappa shape index (κ1) is 14.7. The van der Waals surface area contributed by atoms with E-state index in [1.807, 2.05) is 0 Å². The molecule has 0 bridgehead atoms. The van der Waals surface area contributed by atoms with E-state index in [4.69, 9.17) is 0 Å². The standard InChI is InChI=1S/C14H6F4O3/c15-9-5-1-3-7(11(9)17)13(19)21-14(20)8-4-2-6-10(16)12(8)18/h1-6H. The molecule has 0 unspecified atom stereocenters. The fourth-order valence-electron chi connectivity index (χ4n) is 1.52. The van der Waals surface area contributed by atoms with Crippen LogP contribution in [0.2, 0.25) is 0 Å². The highest BCUT2D eigenvalue weighted by Gasteiger charge is 2.23. The number of benzene rings is 2. The summed E-state index contributed by atoms with van der Waals surface area (Å²) in [4.78, 5) is 23.1. The predicted octanol–water partition coefficient (Wildman–Crippen LogP) is 3.24. The minimum absolute atomic E-state index is 0.764. The van der Waals surface area contributed by atoms with E-state index in [1.165, 1.54) is 0 Å². The van der Waals surface area contributed by atoms with Gasteiger partial charge in [-0.15, -0.1) is 0 Å². The predicted molar refractivity (Wildman–Crippen MR) is 62.5 cm³/mol. The van der Waals surface area contributed by atoms with Gasteiger partial charge in [0.1, 0.15) is 0 Å². The first-order valence-corrected chi connectivity index (χ1v) is 5.56. The zero-order chi connectivity index (χ0) is 15.6. The second-order valence-corrected chi connectivity index (χ2v) is 3.88. The minimum Gasteiger partial charge on any atom is -0.386 e. The van der Waals surface area contributed by atoms with Gasteiger partial charge in [0.15, 0.2) is 23.3 Å². The van der Waals surface area contributed by atoms with Crippen molar-refractivity contribution in [2.75, 3.05) is 0 Å². The van der Waals surface area contributed by atoms with Crippen LogP contribution >= 0.6 is 0 Å². The lowest BCUT2D eigenvalue weighted by atomic mass is 10.2. The molecule has 0 aromatic heterocycles. The molecule has 0 aliphatic rings. The largest absolute Gasteiger partial charge is 0.386 e. The number of esters is 2. The van der Waals surface area contributed by atoms with E-state index in [9.17, 15) is 27.2 Å². The van der Waals surface area contributed by atoms with Crippen LogP contribution in [0.4, 0.5) is 17.6 Å². The summed E-state index contributed by atoms with van der Waals surface area (Å²) in [6, 6.07) is 5.36. The van der Waals surface area contributed by atoms with E-state index in [0.717, 1.165) is 36.4 Å². The molecule has 0 aliphatic heterocycles. The van der Waals surface area contributed by atoms with Crippen molar-refractivity contribution < 1.29 is 31.9 Å². The Balaban J connectivity index is 2.25. The molecule has 7 heteroatoms. The second-order valence-electron chi connectivity index (χ2n) is 3.88. The molecule has 0 saturated carbocycles. The smallest absolute Gasteiger partial charge is 0.349 e. The lowest BCUT2D eigenvalue weighted by Gasteiger charge is -2.05. The third-order valence-corrected chi connectivity index (χ3v) is 2.53. The van der Waals surface area contributed by atoms with Gasteiger partial charge in [-0.2, -0.15) is 0 Å². The van der Waals surface area contributed by atoms with E-state index in [0.29, 0.717) is 0 Å². The molecule has 0 spiro atoms. The van der Waals surface area contributed by atoms with Crippen LogP contribution in [-0.4, -0.2) is 11.9 Å². The molecule has 3 nitrogen and oxygen atoms in total. The Labute approximate surface area is 115 Å². The number of carbonyl (C=O) groups excluding carboxylic acids is 2. The molecule has 0 fully saturated rings. The molecule has 0 N–H and O–H groups in total. The monoisotopic (exact) mass is 298 g/mol.